The summed E-state index contributed by atoms with van der Waals surface area (Å²) >= 11 is 5.92. The summed E-state index contributed by atoms with van der Waals surface area (Å²) in [5.74, 6) is -2.35. The monoisotopic (exact) mass is 426 g/mol. The fourth-order valence-corrected chi connectivity index (χ4v) is 2.79. The van der Waals surface area contributed by atoms with Crippen LogP contribution in [0.2, 0.25) is 5.02 Å². The minimum Gasteiger partial charge on any atom is -0.454 e. The fourth-order valence-electron chi connectivity index (χ4n) is 2.58. The van der Waals surface area contributed by atoms with Crippen molar-refractivity contribution >= 4 is 17.5 Å². The van der Waals surface area contributed by atoms with Gasteiger partial charge in [-0.05, 0) is 42.0 Å². The summed E-state index contributed by atoms with van der Waals surface area (Å²) in [4.78, 5) is 25.9. The molecule has 0 atom stereocenters. The Kier molecular flexibility index (Phi) is 5.34. The number of amides is 1. The average molecular weight is 427 g/mol. The van der Waals surface area contributed by atoms with Crippen molar-refractivity contribution in [3.8, 4) is 22.6 Å². The van der Waals surface area contributed by atoms with E-state index in [0.717, 1.165) is 24.3 Å². The lowest BCUT2D eigenvalue weighted by Gasteiger charge is -2.18. The molecule has 5 nitrogen and oxygen atoms in total. The van der Waals surface area contributed by atoms with E-state index >= 15 is 0 Å². The number of hydrogen-bond donors (Lipinski definition) is 2. The van der Waals surface area contributed by atoms with Crippen LogP contribution in [0.5, 0.6) is 11.5 Å². The highest BCUT2D eigenvalue weighted by Gasteiger charge is 2.34. The normalized spacial score (nSPS) is 11.3. The molecule has 0 unspecified atom stereocenters. The quantitative estimate of drug-likeness (QED) is 0.591. The molecule has 0 bridgehead atoms. The smallest absolute Gasteiger partial charge is 0.416 e. The molecule has 0 aliphatic rings. The van der Waals surface area contributed by atoms with E-state index in [1.807, 2.05) is 0 Å². The van der Waals surface area contributed by atoms with Gasteiger partial charge in [-0.3, -0.25) is 9.59 Å². The van der Waals surface area contributed by atoms with E-state index in [1.54, 1.807) is 0 Å². The lowest BCUT2D eigenvalue weighted by molar-refractivity contribution is -0.137. The third-order valence-electron chi connectivity index (χ3n) is 3.87. The lowest BCUT2D eigenvalue weighted by atomic mass is 9.98. The Hall–Kier alpha value is -3.33. The minimum atomic E-state index is -4.80. The first kappa shape index (κ1) is 20.4. The van der Waals surface area contributed by atoms with Gasteiger partial charge < -0.3 is 15.5 Å². The molecule has 150 valence electrons. The molecule has 3 aromatic rings. The summed E-state index contributed by atoms with van der Waals surface area (Å²) in [6.07, 6.45) is -3.58. The SMILES string of the molecule is NC(=O)c1cc(C(F)(F)F)cc(-c2cc[nH]c(=O)c2)c1Oc1ccc(F)cc1Cl. The Morgan fingerprint density at radius 2 is 1.83 bits per heavy atom. The molecule has 0 saturated heterocycles. The number of nitrogens with two attached hydrogens (primary N) is 1. The highest BCUT2D eigenvalue weighted by atomic mass is 35.5. The number of pyridine rings is 1. The van der Waals surface area contributed by atoms with E-state index in [1.165, 1.54) is 12.3 Å². The van der Waals surface area contributed by atoms with Crippen LogP contribution in [0, 0.1) is 5.82 Å². The number of rotatable bonds is 4. The number of H-pyrrole nitrogens is 1. The highest BCUT2D eigenvalue weighted by molar-refractivity contribution is 6.32. The molecule has 1 heterocycles. The van der Waals surface area contributed by atoms with Gasteiger partial charge in [0, 0.05) is 17.8 Å². The summed E-state index contributed by atoms with van der Waals surface area (Å²) in [5, 5.41) is -0.183. The van der Waals surface area contributed by atoms with Gasteiger partial charge in [-0.25, -0.2) is 4.39 Å². The van der Waals surface area contributed by atoms with Crippen molar-refractivity contribution in [2.75, 3.05) is 0 Å². The summed E-state index contributed by atoms with van der Waals surface area (Å²) in [6, 6.07) is 6.68. The number of aromatic nitrogens is 1. The van der Waals surface area contributed by atoms with Gasteiger partial charge in [-0.1, -0.05) is 11.6 Å². The fraction of sp³-hybridized carbons (Fsp3) is 0.0526. The van der Waals surface area contributed by atoms with Crippen LogP contribution in [-0.2, 0) is 6.18 Å². The van der Waals surface area contributed by atoms with Crippen molar-refractivity contribution in [1.29, 1.82) is 0 Å². The molecule has 1 aromatic heterocycles. The third-order valence-corrected chi connectivity index (χ3v) is 4.17. The van der Waals surface area contributed by atoms with Crippen LogP contribution >= 0.6 is 11.6 Å². The topological polar surface area (TPSA) is 85.2 Å². The summed E-state index contributed by atoms with van der Waals surface area (Å²) in [6.45, 7) is 0. The highest BCUT2D eigenvalue weighted by Crippen LogP contribution is 2.42. The largest absolute Gasteiger partial charge is 0.454 e. The van der Waals surface area contributed by atoms with Gasteiger partial charge in [0.25, 0.3) is 5.91 Å². The maximum Gasteiger partial charge on any atom is 0.416 e. The summed E-state index contributed by atoms with van der Waals surface area (Å²) < 4.78 is 58.9. The Morgan fingerprint density at radius 3 is 2.41 bits per heavy atom. The number of hydrogen-bond acceptors (Lipinski definition) is 3. The zero-order valence-electron chi connectivity index (χ0n) is 14.3. The first-order valence-electron chi connectivity index (χ1n) is 7.93. The lowest BCUT2D eigenvalue weighted by Crippen LogP contribution is -2.16. The molecule has 0 spiro atoms. The molecule has 0 saturated carbocycles. The second-order valence-corrected chi connectivity index (χ2v) is 6.29. The number of nitrogens with one attached hydrogen (secondary N) is 1. The van der Waals surface area contributed by atoms with Gasteiger partial charge in [0.15, 0.2) is 0 Å². The van der Waals surface area contributed by atoms with Crippen molar-refractivity contribution in [1.82, 2.24) is 4.98 Å². The molecule has 0 radical (unpaired) electrons. The van der Waals surface area contributed by atoms with Crippen LogP contribution < -0.4 is 16.0 Å². The Morgan fingerprint density at radius 1 is 1.10 bits per heavy atom. The maximum absolute atomic E-state index is 13.3. The molecule has 0 aliphatic carbocycles. The van der Waals surface area contributed by atoms with E-state index in [9.17, 15) is 27.2 Å². The van der Waals surface area contributed by atoms with Gasteiger partial charge in [0.05, 0.1) is 16.1 Å². The van der Waals surface area contributed by atoms with E-state index in [4.69, 9.17) is 22.1 Å². The standard InChI is InChI=1S/C19H11ClF4N2O3/c20-14-8-11(21)1-2-15(14)29-17-12(9-3-4-26-16(27)5-9)6-10(19(22,23)24)7-13(17)18(25)28/h1-8H,(H2,25,28)(H,26,27). The van der Waals surface area contributed by atoms with Crippen LogP contribution in [0.25, 0.3) is 11.1 Å². The van der Waals surface area contributed by atoms with E-state index < -0.39 is 34.6 Å². The second kappa shape index (κ2) is 7.59. The molecule has 3 N–H and O–H groups in total. The molecule has 1 amide bonds. The minimum absolute atomic E-state index is 0.0376. The number of aromatic amines is 1. The predicted molar refractivity (Wildman–Crippen MR) is 97.5 cm³/mol. The number of carbonyl (C=O) groups is 1. The molecule has 29 heavy (non-hydrogen) atoms. The zero-order valence-corrected chi connectivity index (χ0v) is 15.1. The van der Waals surface area contributed by atoms with Crippen LogP contribution in [0.15, 0.2) is 53.5 Å². The number of primary amides is 1. The first-order chi connectivity index (χ1) is 13.6. The second-order valence-electron chi connectivity index (χ2n) is 5.88. The Labute approximate surface area is 165 Å². The number of ether oxygens (including phenoxy) is 1. The Balaban J connectivity index is 2.31. The third kappa shape index (κ3) is 4.40. The van der Waals surface area contributed by atoms with E-state index in [-0.39, 0.29) is 27.6 Å². The first-order valence-corrected chi connectivity index (χ1v) is 8.31. The van der Waals surface area contributed by atoms with Crippen molar-refractivity contribution < 1.29 is 27.1 Å². The van der Waals surface area contributed by atoms with Crippen LogP contribution in [-0.4, -0.2) is 10.9 Å². The maximum atomic E-state index is 13.3. The van der Waals surface area contributed by atoms with Gasteiger partial charge in [0.1, 0.15) is 17.3 Å². The van der Waals surface area contributed by atoms with Crippen LogP contribution in [0.1, 0.15) is 15.9 Å². The summed E-state index contributed by atoms with van der Waals surface area (Å²) in [7, 11) is 0. The van der Waals surface area contributed by atoms with Gasteiger partial charge in [0.2, 0.25) is 5.56 Å². The van der Waals surface area contributed by atoms with Crippen molar-refractivity contribution in [3.63, 3.8) is 0 Å². The van der Waals surface area contributed by atoms with Crippen LogP contribution in [0.4, 0.5) is 17.6 Å². The van der Waals surface area contributed by atoms with Crippen molar-refractivity contribution in [2.45, 2.75) is 6.18 Å². The van der Waals surface area contributed by atoms with Gasteiger partial charge in [-0.15, -0.1) is 0 Å². The molecule has 0 aliphatic heterocycles. The zero-order chi connectivity index (χ0) is 21.3. The molecular weight excluding hydrogens is 416 g/mol. The van der Waals surface area contributed by atoms with E-state index in [0.29, 0.717) is 12.1 Å². The number of halogens is 5. The molecule has 10 heteroatoms. The van der Waals surface area contributed by atoms with Crippen molar-refractivity contribution in [2.24, 2.45) is 5.73 Å². The van der Waals surface area contributed by atoms with Gasteiger partial charge in [-0.2, -0.15) is 13.2 Å². The van der Waals surface area contributed by atoms with E-state index in [2.05, 4.69) is 4.98 Å². The van der Waals surface area contributed by atoms with Crippen LogP contribution in [0.3, 0.4) is 0 Å². The molecule has 2 aromatic carbocycles. The van der Waals surface area contributed by atoms with Gasteiger partial charge >= 0.3 is 6.18 Å². The molecular formula is C19H11ClF4N2O3. The number of carbonyl (C=O) groups excluding carboxylic acids is 1. The average Bonchev–Trinajstić information content (AvgIpc) is 2.62. The summed E-state index contributed by atoms with van der Waals surface area (Å²) in [5.41, 5.74) is 2.74. The van der Waals surface area contributed by atoms with Crippen molar-refractivity contribution in [3.05, 3.63) is 81.0 Å². The number of alkyl halides is 3. The predicted octanol–water partition coefficient (Wildman–Crippen LogP) is 4.74. The Bertz CT molecular complexity index is 1160. The molecule has 0 fully saturated rings. The number of benzene rings is 2. The molecule has 3 rings (SSSR count).